The van der Waals surface area contributed by atoms with Crippen LogP contribution in [0.1, 0.15) is 37.3 Å². The molecule has 1 fully saturated rings. The summed E-state index contributed by atoms with van der Waals surface area (Å²) in [6.07, 6.45) is 3.18. The van der Waals surface area contributed by atoms with E-state index in [2.05, 4.69) is 11.8 Å². The van der Waals surface area contributed by atoms with E-state index in [1.807, 2.05) is 60.7 Å². The molecule has 0 aromatic heterocycles. The van der Waals surface area contributed by atoms with Crippen LogP contribution in [0.25, 0.3) is 0 Å². The maximum Gasteiger partial charge on any atom is 0.232 e. The third kappa shape index (κ3) is 3.09. The Hall–Kier alpha value is -2.13. The Morgan fingerprint density at radius 1 is 1.08 bits per heavy atom. The number of amides is 1. The fraction of sp³-hybridized carbons (Fsp3) is 0.381. The van der Waals surface area contributed by atoms with Gasteiger partial charge in [0.25, 0.3) is 0 Å². The summed E-state index contributed by atoms with van der Waals surface area (Å²) in [5.74, 6) is -0.272. The summed E-state index contributed by atoms with van der Waals surface area (Å²) in [7, 11) is 0. The Labute approximate surface area is 144 Å². The van der Waals surface area contributed by atoms with E-state index < -0.39 is 5.41 Å². The Balaban J connectivity index is 2.00. The third-order valence-corrected chi connectivity index (χ3v) is 5.42. The van der Waals surface area contributed by atoms with Crippen molar-refractivity contribution in [2.24, 2.45) is 5.73 Å². The number of hydrogen-bond donors (Lipinski definition) is 1. The highest BCUT2D eigenvalue weighted by Crippen LogP contribution is 2.36. The number of hydrogen-bond acceptors (Lipinski definition) is 2. The molecule has 3 heteroatoms. The number of nitrogens with zero attached hydrogens (tertiary/aromatic N) is 1. The highest BCUT2D eigenvalue weighted by molar-refractivity contribution is 5.90. The molecule has 2 aromatic carbocycles. The molecule has 1 aliphatic heterocycles. The van der Waals surface area contributed by atoms with Crippen molar-refractivity contribution in [1.29, 1.82) is 0 Å². The average molecular weight is 322 g/mol. The van der Waals surface area contributed by atoms with Gasteiger partial charge < -0.3 is 10.6 Å². The molecule has 0 bridgehead atoms. The van der Waals surface area contributed by atoms with Crippen LogP contribution in [0.2, 0.25) is 0 Å². The standard InChI is InChI=1S/C21H26N2O/c1-17-9-8-15-23(17)16-14-21(20(22)24,18-10-4-2-5-11-18)19-12-6-3-7-13-19/h2-7,10-13,17H,8-9,14-16H2,1H3,(H2,22,24)/t17-/m1/s1. The summed E-state index contributed by atoms with van der Waals surface area (Å²) in [5, 5.41) is 0. The normalized spacial score (nSPS) is 18.6. The number of nitrogens with two attached hydrogens (primary N) is 1. The molecule has 0 spiro atoms. The number of benzene rings is 2. The van der Waals surface area contributed by atoms with E-state index in [1.54, 1.807) is 0 Å². The minimum Gasteiger partial charge on any atom is -0.369 e. The second kappa shape index (κ2) is 7.18. The minimum absolute atomic E-state index is 0.272. The molecule has 126 valence electrons. The van der Waals surface area contributed by atoms with Crippen LogP contribution in [0.15, 0.2) is 60.7 Å². The summed E-state index contributed by atoms with van der Waals surface area (Å²) >= 11 is 0. The van der Waals surface area contributed by atoms with Gasteiger partial charge in [0, 0.05) is 12.6 Å². The fourth-order valence-corrected chi connectivity index (χ4v) is 3.94. The lowest BCUT2D eigenvalue weighted by Gasteiger charge is -2.34. The quantitative estimate of drug-likeness (QED) is 0.886. The molecule has 2 aromatic rings. The summed E-state index contributed by atoms with van der Waals surface area (Å²) in [6, 6.07) is 20.5. The molecule has 2 N–H and O–H groups in total. The van der Waals surface area contributed by atoms with Crippen LogP contribution in [0.3, 0.4) is 0 Å². The van der Waals surface area contributed by atoms with E-state index >= 15 is 0 Å². The Kier molecular flexibility index (Phi) is 5.00. The van der Waals surface area contributed by atoms with Crippen molar-refractivity contribution >= 4 is 5.91 Å². The zero-order chi connectivity index (χ0) is 17.0. The van der Waals surface area contributed by atoms with Crippen LogP contribution in [-0.2, 0) is 10.2 Å². The van der Waals surface area contributed by atoms with Crippen molar-refractivity contribution in [2.45, 2.75) is 37.6 Å². The molecule has 0 aliphatic carbocycles. The number of primary amides is 1. The highest BCUT2D eigenvalue weighted by atomic mass is 16.1. The minimum atomic E-state index is -0.773. The van der Waals surface area contributed by atoms with Gasteiger partial charge in [-0.25, -0.2) is 0 Å². The number of carbonyl (C=O) groups excluding carboxylic acids is 1. The summed E-state index contributed by atoms with van der Waals surface area (Å²) in [5.41, 5.74) is 7.19. The summed E-state index contributed by atoms with van der Waals surface area (Å²) in [4.78, 5) is 15.2. The van der Waals surface area contributed by atoms with Gasteiger partial charge in [0.05, 0.1) is 5.41 Å². The van der Waals surface area contributed by atoms with Crippen molar-refractivity contribution in [3.63, 3.8) is 0 Å². The molecule has 1 aliphatic rings. The molecule has 0 saturated carbocycles. The summed E-state index contributed by atoms with van der Waals surface area (Å²) in [6.45, 7) is 4.26. The SMILES string of the molecule is C[C@@H]1CCCN1CCC(C(N)=O)(c1ccccc1)c1ccccc1. The average Bonchev–Trinajstić information content (AvgIpc) is 3.02. The van der Waals surface area contributed by atoms with E-state index in [9.17, 15) is 4.79 Å². The monoisotopic (exact) mass is 322 g/mol. The topological polar surface area (TPSA) is 46.3 Å². The second-order valence-electron chi connectivity index (χ2n) is 6.78. The maximum absolute atomic E-state index is 12.7. The van der Waals surface area contributed by atoms with Crippen LogP contribution < -0.4 is 5.73 Å². The molecule has 1 saturated heterocycles. The van der Waals surface area contributed by atoms with Gasteiger partial charge in [0.2, 0.25) is 5.91 Å². The van der Waals surface area contributed by atoms with Crippen molar-refractivity contribution in [3.8, 4) is 0 Å². The number of carbonyl (C=O) groups is 1. The smallest absolute Gasteiger partial charge is 0.232 e. The van der Waals surface area contributed by atoms with Crippen molar-refractivity contribution in [2.75, 3.05) is 13.1 Å². The predicted octanol–water partition coefficient (Wildman–Crippen LogP) is 3.33. The Morgan fingerprint density at radius 2 is 1.62 bits per heavy atom. The van der Waals surface area contributed by atoms with Gasteiger partial charge in [-0.15, -0.1) is 0 Å². The molecule has 1 amide bonds. The molecule has 3 nitrogen and oxygen atoms in total. The van der Waals surface area contributed by atoms with Gasteiger partial charge in [-0.2, -0.15) is 0 Å². The van der Waals surface area contributed by atoms with Gasteiger partial charge >= 0.3 is 0 Å². The molecule has 0 radical (unpaired) electrons. The van der Waals surface area contributed by atoms with E-state index in [0.717, 1.165) is 24.2 Å². The first-order valence-corrected chi connectivity index (χ1v) is 8.79. The zero-order valence-corrected chi connectivity index (χ0v) is 14.3. The van der Waals surface area contributed by atoms with E-state index in [1.165, 1.54) is 12.8 Å². The van der Waals surface area contributed by atoms with E-state index in [0.29, 0.717) is 12.5 Å². The third-order valence-electron chi connectivity index (χ3n) is 5.42. The van der Waals surface area contributed by atoms with Crippen molar-refractivity contribution in [3.05, 3.63) is 71.8 Å². The summed E-state index contributed by atoms with van der Waals surface area (Å²) < 4.78 is 0. The largest absolute Gasteiger partial charge is 0.369 e. The van der Waals surface area contributed by atoms with Crippen LogP contribution in [0.5, 0.6) is 0 Å². The highest BCUT2D eigenvalue weighted by Gasteiger charge is 2.40. The molecular weight excluding hydrogens is 296 g/mol. The molecule has 1 atom stereocenters. The van der Waals surface area contributed by atoms with E-state index in [4.69, 9.17) is 5.73 Å². The zero-order valence-electron chi connectivity index (χ0n) is 14.3. The first-order valence-electron chi connectivity index (χ1n) is 8.79. The Bertz CT molecular complexity index is 629. The van der Waals surface area contributed by atoms with Gasteiger partial charge in [0.15, 0.2) is 0 Å². The van der Waals surface area contributed by atoms with Gasteiger partial charge in [0.1, 0.15) is 0 Å². The fourth-order valence-electron chi connectivity index (χ4n) is 3.94. The number of rotatable bonds is 6. The van der Waals surface area contributed by atoms with Gasteiger partial charge in [-0.1, -0.05) is 60.7 Å². The lowest BCUT2D eigenvalue weighted by Crippen LogP contribution is -2.45. The molecule has 24 heavy (non-hydrogen) atoms. The van der Waals surface area contributed by atoms with Crippen LogP contribution >= 0.6 is 0 Å². The maximum atomic E-state index is 12.7. The van der Waals surface area contributed by atoms with E-state index in [-0.39, 0.29) is 5.91 Å². The van der Waals surface area contributed by atoms with Crippen LogP contribution in [0.4, 0.5) is 0 Å². The van der Waals surface area contributed by atoms with Gasteiger partial charge in [-0.3, -0.25) is 4.79 Å². The molecular formula is C21H26N2O. The first kappa shape index (κ1) is 16.7. The van der Waals surface area contributed by atoms with Crippen molar-refractivity contribution < 1.29 is 4.79 Å². The predicted molar refractivity (Wildman–Crippen MR) is 97.7 cm³/mol. The first-order chi connectivity index (χ1) is 11.6. The lowest BCUT2D eigenvalue weighted by atomic mass is 9.71. The lowest BCUT2D eigenvalue weighted by molar-refractivity contribution is -0.122. The molecule has 1 heterocycles. The number of likely N-dealkylation sites (tertiary alicyclic amines) is 1. The Morgan fingerprint density at radius 3 is 2.04 bits per heavy atom. The van der Waals surface area contributed by atoms with Gasteiger partial charge in [-0.05, 0) is 43.9 Å². The molecule has 0 unspecified atom stereocenters. The van der Waals surface area contributed by atoms with Crippen molar-refractivity contribution in [1.82, 2.24) is 4.90 Å². The second-order valence-corrected chi connectivity index (χ2v) is 6.78. The van der Waals surface area contributed by atoms with Crippen LogP contribution in [-0.4, -0.2) is 29.9 Å². The molecule has 3 rings (SSSR count). The van der Waals surface area contributed by atoms with Crippen LogP contribution in [0, 0.1) is 0 Å².